The van der Waals surface area contributed by atoms with Gasteiger partial charge in [-0.3, -0.25) is 9.88 Å². The van der Waals surface area contributed by atoms with Gasteiger partial charge in [0.2, 0.25) is 0 Å². The molecular weight excluding hydrogens is 257 g/mol. The van der Waals surface area contributed by atoms with E-state index >= 15 is 0 Å². The minimum Gasteiger partial charge on any atom is -0.314 e. The van der Waals surface area contributed by atoms with Crippen LogP contribution in [-0.2, 0) is 0 Å². The fourth-order valence-corrected chi connectivity index (χ4v) is 2.22. The maximum absolute atomic E-state index is 4.46. The second kappa shape index (κ2) is 8.70. The summed E-state index contributed by atoms with van der Waals surface area (Å²) in [5, 5.41) is 3.38. The minimum absolute atomic E-state index is 0. The largest absolute Gasteiger partial charge is 0.314 e. The van der Waals surface area contributed by atoms with E-state index in [0.29, 0.717) is 6.04 Å². The normalized spacial score (nSPS) is 17.7. The van der Waals surface area contributed by atoms with Crippen molar-refractivity contribution in [2.45, 2.75) is 19.4 Å². The molecule has 0 aliphatic carbocycles. The Labute approximate surface area is 116 Å². The molecule has 0 amide bonds. The van der Waals surface area contributed by atoms with Crippen LogP contribution in [0.2, 0.25) is 0 Å². The first-order valence-corrected chi connectivity index (χ1v) is 5.77. The number of halogens is 2. The van der Waals surface area contributed by atoms with E-state index in [1.807, 2.05) is 12.3 Å². The Morgan fingerprint density at radius 1 is 1.29 bits per heavy atom. The maximum atomic E-state index is 4.46. The smallest absolute Gasteiger partial charge is 0.0575 e. The third kappa shape index (κ3) is 4.43. The minimum atomic E-state index is 0. The lowest BCUT2D eigenvalue weighted by Gasteiger charge is -2.34. The molecule has 2 rings (SSSR count). The van der Waals surface area contributed by atoms with Gasteiger partial charge in [-0.15, -0.1) is 24.8 Å². The Hall–Kier alpha value is -0.350. The maximum Gasteiger partial charge on any atom is 0.0575 e. The van der Waals surface area contributed by atoms with Crippen LogP contribution < -0.4 is 5.32 Å². The number of hydrogen-bond donors (Lipinski definition) is 1. The molecule has 1 aromatic heterocycles. The van der Waals surface area contributed by atoms with Crippen LogP contribution in [0, 0.1) is 0 Å². The van der Waals surface area contributed by atoms with E-state index < -0.39 is 0 Å². The topological polar surface area (TPSA) is 28.2 Å². The van der Waals surface area contributed by atoms with E-state index in [0.717, 1.165) is 32.6 Å². The Morgan fingerprint density at radius 3 is 2.53 bits per heavy atom. The van der Waals surface area contributed by atoms with Gasteiger partial charge in [-0.2, -0.15) is 0 Å². The molecule has 0 radical (unpaired) electrons. The molecule has 3 nitrogen and oxygen atoms in total. The summed E-state index contributed by atoms with van der Waals surface area (Å²) in [5.74, 6) is 0. The lowest BCUT2D eigenvalue weighted by Crippen LogP contribution is -2.45. The summed E-state index contributed by atoms with van der Waals surface area (Å²) in [7, 11) is 0. The van der Waals surface area contributed by atoms with Crippen LogP contribution in [0.3, 0.4) is 0 Å². The van der Waals surface area contributed by atoms with E-state index in [9.17, 15) is 0 Å². The first-order chi connectivity index (χ1) is 7.42. The molecule has 0 unspecified atom stereocenters. The number of pyridine rings is 1. The van der Waals surface area contributed by atoms with Crippen LogP contribution in [0.4, 0.5) is 0 Å². The monoisotopic (exact) mass is 277 g/mol. The highest BCUT2D eigenvalue weighted by Gasteiger charge is 2.20. The lowest BCUT2D eigenvalue weighted by molar-refractivity contribution is 0.166. The highest BCUT2D eigenvalue weighted by Crippen LogP contribution is 2.21. The van der Waals surface area contributed by atoms with Gasteiger partial charge < -0.3 is 5.32 Å². The van der Waals surface area contributed by atoms with Crippen molar-refractivity contribution in [3.63, 3.8) is 0 Å². The van der Waals surface area contributed by atoms with Crippen molar-refractivity contribution < 1.29 is 0 Å². The third-order valence-corrected chi connectivity index (χ3v) is 3.01. The van der Waals surface area contributed by atoms with Crippen molar-refractivity contribution in [2.75, 3.05) is 26.2 Å². The molecule has 1 saturated heterocycles. The van der Waals surface area contributed by atoms with E-state index in [1.165, 1.54) is 5.69 Å². The van der Waals surface area contributed by atoms with Gasteiger partial charge in [-0.1, -0.05) is 13.0 Å². The summed E-state index contributed by atoms with van der Waals surface area (Å²) < 4.78 is 0. The standard InChI is InChI=1S/C12H19N3.2ClH/c1-2-12(11-5-3-4-6-14-11)15-9-7-13-8-10-15;;/h3-6,12-13H,2,7-10H2,1H3;2*1H/t12-;;/m0../s1. The molecule has 0 spiro atoms. The Kier molecular flexibility index (Phi) is 8.52. The molecule has 5 heteroatoms. The molecular formula is C12H21Cl2N3. The van der Waals surface area contributed by atoms with Crippen molar-refractivity contribution in [3.05, 3.63) is 30.1 Å². The van der Waals surface area contributed by atoms with Gasteiger partial charge in [0.05, 0.1) is 11.7 Å². The molecule has 0 aromatic carbocycles. The molecule has 1 aliphatic heterocycles. The summed E-state index contributed by atoms with van der Waals surface area (Å²) in [5.41, 5.74) is 1.21. The van der Waals surface area contributed by atoms with Crippen molar-refractivity contribution in [1.29, 1.82) is 0 Å². The SMILES string of the molecule is CC[C@@H](c1ccccn1)N1CCNCC1.Cl.Cl. The van der Waals surface area contributed by atoms with Crippen LogP contribution in [-0.4, -0.2) is 36.1 Å². The molecule has 1 aliphatic rings. The van der Waals surface area contributed by atoms with Gasteiger partial charge in [0.15, 0.2) is 0 Å². The van der Waals surface area contributed by atoms with Gasteiger partial charge in [-0.05, 0) is 18.6 Å². The average Bonchev–Trinajstić information content (AvgIpc) is 2.33. The zero-order valence-corrected chi connectivity index (χ0v) is 11.8. The van der Waals surface area contributed by atoms with E-state index in [-0.39, 0.29) is 24.8 Å². The first kappa shape index (κ1) is 16.6. The van der Waals surface area contributed by atoms with E-state index in [2.05, 4.69) is 34.3 Å². The fourth-order valence-electron chi connectivity index (χ4n) is 2.22. The van der Waals surface area contributed by atoms with Crippen molar-refractivity contribution in [3.8, 4) is 0 Å². The Bertz CT molecular complexity index is 289. The van der Waals surface area contributed by atoms with Crippen LogP contribution in [0.5, 0.6) is 0 Å². The summed E-state index contributed by atoms with van der Waals surface area (Å²) in [4.78, 5) is 6.99. The number of hydrogen-bond acceptors (Lipinski definition) is 3. The summed E-state index contributed by atoms with van der Waals surface area (Å²) in [6.07, 6.45) is 3.03. The highest BCUT2D eigenvalue weighted by atomic mass is 35.5. The first-order valence-electron chi connectivity index (χ1n) is 5.77. The second-order valence-corrected chi connectivity index (χ2v) is 3.96. The number of aromatic nitrogens is 1. The zero-order chi connectivity index (χ0) is 10.5. The van der Waals surface area contributed by atoms with Gasteiger partial charge in [-0.25, -0.2) is 0 Å². The number of nitrogens with one attached hydrogen (secondary N) is 1. The zero-order valence-electron chi connectivity index (χ0n) is 10.1. The van der Waals surface area contributed by atoms with Gasteiger partial charge >= 0.3 is 0 Å². The molecule has 17 heavy (non-hydrogen) atoms. The second-order valence-electron chi connectivity index (χ2n) is 3.96. The van der Waals surface area contributed by atoms with Crippen LogP contribution in [0.15, 0.2) is 24.4 Å². The fraction of sp³-hybridized carbons (Fsp3) is 0.583. The molecule has 2 heterocycles. The summed E-state index contributed by atoms with van der Waals surface area (Å²) in [6, 6.07) is 6.69. The van der Waals surface area contributed by atoms with Crippen molar-refractivity contribution >= 4 is 24.8 Å². The van der Waals surface area contributed by atoms with Crippen molar-refractivity contribution in [1.82, 2.24) is 15.2 Å². The van der Waals surface area contributed by atoms with Crippen molar-refractivity contribution in [2.24, 2.45) is 0 Å². The van der Waals surface area contributed by atoms with Gasteiger partial charge in [0.1, 0.15) is 0 Å². The van der Waals surface area contributed by atoms with Crippen LogP contribution in [0.25, 0.3) is 0 Å². The molecule has 1 atom stereocenters. The van der Waals surface area contributed by atoms with Crippen LogP contribution >= 0.6 is 24.8 Å². The highest BCUT2D eigenvalue weighted by molar-refractivity contribution is 5.85. The number of rotatable bonds is 3. The van der Waals surface area contributed by atoms with Gasteiger partial charge in [0.25, 0.3) is 0 Å². The molecule has 1 aromatic rings. The molecule has 1 N–H and O–H groups in total. The Morgan fingerprint density at radius 2 is 2.00 bits per heavy atom. The van der Waals surface area contributed by atoms with E-state index in [4.69, 9.17) is 0 Å². The molecule has 98 valence electrons. The molecule has 0 bridgehead atoms. The third-order valence-electron chi connectivity index (χ3n) is 3.01. The Balaban J connectivity index is 0.00000128. The predicted octanol–water partition coefficient (Wildman–Crippen LogP) is 2.28. The summed E-state index contributed by atoms with van der Waals surface area (Å²) >= 11 is 0. The predicted molar refractivity (Wildman–Crippen MR) is 76.2 cm³/mol. The van der Waals surface area contributed by atoms with E-state index in [1.54, 1.807) is 0 Å². The number of nitrogens with zero attached hydrogens (tertiary/aromatic N) is 2. The van der Waals surface area contributed by atoms with Crippen LogP contribution in [0.1, 0.15) is 25.1 Å². The number of piperazine rings is 1. The average molecular weight is 278 g/mol. The summed E-state index contributed by atoms with van der Waals surface area (Å²) in [6.45, 7) is 6.71. The molecule has 0 saturated carbocycles. The quantitative estimate of drug-likeness (QED) is 0.919. The molecule has 1 fully saturated rings. The lowest BCUT2D eigenvalue weighted by atomic mass is 10.1. The van der Waals surface area contributed by atoms with Gasteiger partial charge in [0, 0.05) is 32.4 Å².